The third-order valence-corrected chi connectivity index (χ3v) is 4.80. The summed E-state index contributed by atoms with van der Waals surface area (Å²) < 4.78 is 0. The topological polar surface area (TPSA) is 44.1 Å². The molecule has 0 heterocycles. The summed E-state index contributed by atoms with van der Waals surface area (Å²) in [6, 6.07) is 7.35. The molecule has 0 aliphatic rings. The molecule has 0 aliphatic heterocycles. The van der Waals surface area contributed by atoms with Gasteiger partial charge in [0.25, 0.3) is 0 Å². The average Bonchev–Trinajstić information content (AvgIpc) is 2.60. The molecule has 2 nitrogen and oxygen atoms in total. The molecule has 0 spiro atoms. The van der Waals surface area contributed by atoms with Gasteiger partial charge in [0.2, 0.25) is 0 Å². The Balaban J connectivity index is 2.66. The van der Waals surface area contributed by atoms with Crippen molar-refractivity contribution in [3.63, 3.8) is 0 Å². The summed E-state index contributed by atoms with van der Waals surface area (Å²) in [7, 11) is 0. The molecule has 3 heteroatoms. The molecule has 0 unspecified atom stereocenters. The highest BCUT2D eigenvalue weighted by molar-refractivity contribution is 7.83. The summed E-state index contributed by atoms with van der Waals surface area (Å²) in [6.07, 6.45) is 7.58. The molecule has 0 fully saturated rings. The Morgan fingerprint density at radius 1 is 1.19 bits per heavy atom. The number of rotatable bonds is 10. The number of hydrogen-bond donors (Lipinski definition) is 3. The first-order valence-corrected chi connectivity index (χ1v) is 9.98. The van der Waals surface area contributed by atoms with Gasteiger partial charge >= 0.3 is 0 Å². The monoisotopic (exact) mass is 383 g/mol. The number of phenols is 1. The first kappa shape index (κ1) is 23.0. The highest BCUT2D eigenvalue weighted by atomic mass is 32.1. The Kier molecular flexibility index (Phi) is 9.95. The average molecular weight is 384 g/mol. The van der Waals surface area contributed by atoms with Gasteiger partial charge in [-0.3, -0.25) is 0 Å². The smallest absolute Gasteiger partial charge is 0.115 e. The van der Waals surface area contributed by atoms with Gasteiger partial charge in [-0.05, 0) is 78.9 Å². The molecule has 1 rings (SSSR count). The minimum Gasteiger partial charge on any atom is -0.508 e. The highest BCUT2D eigenvalue weighted by Crippen LogP contribution is 2.22. The van der Waals surface area contributed by atoms with E-state index in [1.54, 1.807) is 17.5 Å². The third kappa shape index (κ3) is 8.49. The highest BCUT2D eigenvalue weighted by Gasteiger charge is 2.12. The number of aryl methyl sites for hydroxylation is 1. The van der Waals surface area contributed by atoms with E-state index in [0.717, 1.165) is 41.6 Å². The molecular formula is C24H33NOS. The summed E-state index contributed by atoms with van der Waals surface area (Å²) >= 11 is 4.13. The number of thiol groups is 1. The predicted octanol–water partition coefficient (Wildman–Crippen LogP) is 7.04. The van der Waals surface area contributed by atoms with Gasteiger partial charge in [0.1, 0.15) is 5.75 Å². The molecular weight excluding hydrogens is 350 g/mol. The molecule has 0 bridgehead atoms. The van der Waals surface area contributed by atoms with E-state index in [9.17, 15) is 5.11 Å². The van der Waals surface area contributed by atoms with Crippen LogP contribution in [0.4, 0.5) is 0 Å². The van der Waals surface area contributed by atoms with Crippen molar-refractivity contribution in [1.82, 2.24) is 0 Å². The van der Waals surface area contributed by atoms with Crippen molar-refractivity contribution in [3.8, 4) is 5.75 Å². The lowest BCUT2D eigenvalue weighted by Gasteiger charge is -2.15. The molecule has 0 atom stereocenters. The van der Waals surface area contributed by atoms with Crippen molar-refractivity contribution in [1.29, 1.82) is 5.41 Å². The zero-order valence-corrected chi connectivity index (χ0v) is 17.9. The third-order valence-electron chi connectivity index (χ3n) is 4.65. The fraction of sp³-hybridized carbons (Fsp3) is 0.375. The molecule has 0 aromatic heterocycles. The van der Waals surface area contributed by atoms with Crippen molar-refractivity contribution in [2.45, 2.75) is 53.4 Å². The quantitative estimate of drug-likeness (QED) is 0.172. The molecule has 2 N–H and O–H groups in total. The van der Waals surface area contributed by atoms with Crippen LogP contribution in [0.15, 0.2) is 70.7 Å². The Hall–Kier alpha value is -2.00. The van der Waals surface area contributed by atoms with Crippen LogP contribution < -0.4 is 0 Å². The van der Waals surface area contributed by atoms with Gasteiger partial charge in [-0.1, -0.05) is 50.3 Å². The second-order valence-electron chi connectivity index (χ2n) is 7.36. The lowest BCUT2D eigenvalue weighted by atomic mass is 9.90. The summed E-state index contributed by atoms with van der Waals surface area (Å²) in [5.41, 5.74) is 6.35. The number of nitrogens with one attached hydrogen (secondary N) is 1. The van der Waals surface area contributed by atoms with Gasteiger partial charge < -0.3 is 10.5 Å². The standard InChI is InChI=1S/C24H33NOS/c1-17(2)23(16-20(5)19(4)13-14-27)24(25)15-18(3)7-6-8-21-9-11-22(26)12-10-21/h9-14,16-17,25-27H,3,6-8,15H2,1-2,4-5H3/b14-13-,20-19+,23-16+,25-24?. The van der Waals surface area contributed by atoms with E-state index in [-0.39, 0.29) is 0 Å². The van der Waals surface area contributed by atoms with Crippen molar-refractivity contribution < 1.29 is 5.11 Å². The van der Waals surface area contributed by atoms with Crippen LogP contribution in [-0.4, -0.2) is 10.8 Å². The Labute approximate surface area is 170 Å². The zero-order valence-electron chi connectivity index (χ0n) is 17.0. The van der Waals surface area contributed by atoms with Gasteiger partial charge in [-0.25, -0.2) is 0 Å². The maximum atomic E-state index is 9.34. The van der Waals surface area contributed by atoms with E-state index < -0.39 is 0 Å². The summed E-state index contributed by atoms with van der Waals surface area (Å²) in [4.78, 5) is 0. The minimum atomic E-state index is 0.296. The normalized spacial score (nSPS) is 13.2. The van der Waals surface area contributed by atoms with Gasteiger partial charge in [0.15, 0.2) is 0 Å². The van der Waals surface area contributed by atoms with Crippen LogP contribution in [0.2, 0.25) is 0 Å². The maximum absolute atomic E-state index is 9.34. The van der Waals surface area contributed by atoms with E-state index in [4.69, 9.17) is 5.41 Å². The summed E-state index contributed by atoms with van der Waals surface area (Å²) in [5, 5.41) is 19.6. The van der Waals surface area contributed by atoms with Crippen LogP contribution in [0.1, 0.15) is 52.5 Å². The van der Waals surface area contributed by atoms with Gasteiger partial charge in [-0.15, -0.1) is 0 Å². The number of phenolic OH excluding ortho intramolecular Hbond substituents is 1. The maximum Gasteiger partial charge on any atom is 0.115 e. The van der Waals surface area contributed by atoms with Gasteiger partial charge in [0.05, 0.1) is 0 Å². The number of hydrogen-bond acceptors (Lipinski definition) is 3. The Morgan fingerprint density at radius 2 is 1.81 bits per heavy atom. The molecule has 1 aromatic rings. The van der Waals surface area contributed by atoms with Crippen LogP contribution >= 0.6 is 12.6 Å². The van der Waals surface area contributed by atoms with E-state index in [0.29, 0.717) is 23.8 Å². The van der Waals surface area contributed by atoms with Gasteiger partial charge in [0, 0.05) is 12.1 Å². The van der Waals surface area contributed by atoms with E-state index >= 15 is 0 Å². The molecule has 0 saturated heterocycles. The molecule has 0 amide bonds. The first-order chi connectivity index (χ1) is 12.7. The van der Waals surface area contributed by atoms with Crippen molar-refractivity contribution in [2.75, 3.05) is 0 Å². The largest absolute Gasteiger partial charge is 0.508 e. The van der Waals surface area contributed by atoms with Crippen molar-refractivity contribution >= 4 is 18.3 Å². The molecule has 0 aliphatic carbocycles. The van der Waals surface area contributed by atoms with Crippen LogP contribution in [-0.2, 0) is 6.42 Å². The van der Waals surface area contributed by atoms with Gasteiger partial charge in [-0.2, -0.15) is 12.6 Å². The molecule has 1 aromatic carbocycles. The van der Waals surface area contributed by atoms with Crippen molar-refractivity contribution in [3.05, 3.63) is 76.3 Å². The first-order valence-electron chi connectivity index (χ1n) is 9.46. The number of aromatic hydroxyl groups is 1. The summed E-state index contributed by atoms with van der Waals surface area (Å²) in [6.45, 7) is 12.6. The lowest BCUT2D eigenvalue weighted by Crippen LogP contribution is -2.09. The zero-order chi connectivity index (χ0) is 20.4. The van der Waals surface area contributed by atoms with Crippen molar-refractivity contribution in [2.24, 2.45) is 5.92 Å². The van der Waals surface area contributed by atoms with Crippen LogP contribution in [0.25, 0.3) is 0 Å². The SMILES string of the molecule is C=C(CCCc1ccc(O)cc1)CC(=N)/C(=C/C(C)=C(C)/C=C\S)C(C)C. The number of allylic oxidation sites excluding steroid dienone is 6. The van der Waals surface area contributed by atoms with E-state index in [1.807, 2.05) is 18.2 Å². The number of benzene rings is 1. The molecule has 146 valence electrons. The Morgan fingerprint density at radius 3 is 2.37 bits per heavy atom. The Bertz CT molecular complexity index is 736. The van der Waals surface area contributed by atoms with Crippen LogP contribution in [0, 0.1) is 11.3 Å². The molecule has 0 radical (unpaired) electrons. The summed E-state index contributed by atoms with van der Waals surface area (Å²) in [5.74, 6) is 0.596. The molecule has 0 saturated carbocycles. The second kappa shape index (κ2) is 11.7. The minimum absolute atomic E-state index is 0.296. The molecule has 27 heavy (non-hydrogen) atoms. The fourth-order valence-corrected chi connectivity index (χ4v) is 3.06. The van der Waals surface area contributed by atoms with Crippen LogP contribution in [0.5, 0.6) is 5.75 Å². The van der Waals surface area contributed by atoms with E-state index in [2.05, 4.69) is 53.0 Å². The predicted molar refractivity (Wildman–Crippen MR) is 122 cm³/mol. The van der Waals surface area contributed by atoms with Crippen LogP contribution in [0.3, 0.4) is 0 Å². The lowest BCUT2D eigenvalue weighted by molar-refractivity contribution is 0.475. The fourth-order valence-electron chi connectivity index (χ4n) is 2.84. The van der Waals surface area contributed by atoms with E-state index in [1.165, 1.54) is 5.56 Å². The second-order valence-corrected chi connectivity index (χ2v) is 7.66.